The zero-order chi connectivity index (χ0) is 30.7. The third kappa shape index (κ3) is 40.5. The molecule has 0 fully saturated rings. The molecular formula is C37H77O3PS. The fourth-order valence-corrected chi connectivity index (χ4v) is 7.12. The summed E-state index contributed by atoms with van der Waals surface area (Å²) in [5.74, 6) is 1.06. The average molecular weight is 633 g/mol. The molecule has 0 aromatic carbocycles. The monoisotopic (exact) mass is 633 g/mol. The van der Waals surface area contributed by atoms with Gasteiger partial charge in [0.2, 0.25) is 0 Å². The first-order chi connectivity index (χ1) is 20.6. The van der Waals surface area contributed by atoms with Crippen LogP contribution in [0.25, 0.3) is 0 Å². The van der Waals surface area contributed by atoms with Gasteiger partial charge in [-0.25, -0.2) is 0 Å². The van der Waals surface area contributed by atoms with Crippen LogP contribution in [0.15, 0.2) is 0 Å². The van der Waals surface area contributed by atoms with Gasteiger partial charge in [-0.15, -0.1) is 0 Å². The van der Waals surface area contributed by atoms with Crippen LogP contribution in [0.5, 0.6) is 0 Å². The first kappa shape index (κ1) is 42.5. The Morgan fingerprint density at radius 1 is 0.286 bits per heavy atom. The van der Waals surface area contributed by atoms with Gasteiger partial charge in [0.15, 0.2) is 0 Å². The third-order valence-electron chi connectivity index (χ3n) is 9.11. The minimum Gasteiger partial charge on any atom is -0.324 e. The largest absolute Gasteiger partial charge is 0.325 e. The molecule has 0 aliphatic rings. The highest BCUT2D eigenvalue weighted by Gasteiger charge is 2.10. The van der Waals surface area contributed by atoms with Crippen LogP contribution >= 0.6 is 20.2 Å². The quantitative estimate of drug-likeness (QED) is 0.0363. The van der Waals surface area contributed by atoms with E-state index in [9.17, 15) is 4.57 Å². The van der Waals surface area contributed by atoms with Gasteiger partial charge in [0.1, 0.15) is 0 Å². The molecule has 0 saturated heterocycles. The van der Waals surface area contributed by atoms with Crippen molar-refractivity contribution >= 4 is 20.2 Å². The van der Waals surface area contributed by atoms with Crippen molar-refractivity contribution in [3.05, 3.63) is 0 Å². The zero-order valence-corrected chi connectivity index (χ0v) is 30.1. The van der Waals surface area contributed by atoms with Gasteiger partial charge in [0, 0.05) is 6.16 Å². The molecule has 5 heteroatoms. The van der Waals surface area contributed by atoms with E-state index in [2.05, 4.69) is 12.6 Å². The second-order valence-corrected chi connectivity index (χ2v) is 15.7. The highest BCUT2D eigenvalue weighted by Crippen LogP contribution is 2.35. The molecule has 0 rings (SSSR count). The Kier molecular flexibility index (Phi) is 36.4. The van der Waals surface area contributed by atoms with Crippen LogP contribution in [0, 0.1) is 0 Å². The molecule has 42 heavy (non-hydrogen) atoms. The summed E-state index contributed by atoms with van der Waals surface area (Å²) in [7, 11) is -3.77. The van der Waals surface area contributed by atoms with E-state index in [1.165, 1.54) is 205 Å². The minimum absolute atomic E-state index is 0.0613. The predicted octanol–water partition coefficient (Wildman–Crippen LogP) is 13.7. The Morgan fingerprint density at radius 2 is 0.429 bits per heavy atom. The Balaban J connectivity index is 3.05. The van der Waals surface area contributed by atoms with E-state index in [0.717, 1.165) is 18.6 Å². The fourth-order valence-electron chi connectivity index (χ4n) is 6.26. The summed E-state index contributed by atoms with van der Waals surface area (Å²) < 4.78 is 10.8. The van der Waals surface area contributed by atoms with E-state index in [-0.39, 0.29) is 6.16 Å². The molecule has 0 bridgehead atoms. The van der Waals surface area contributed by atoms with Gasteiger partial charge in [-0.1, -0.05) is 212 Å². The molecular weight excluding hydrogens is 555 g/mol. The van der Waals surface area contributed by atoms with Crippen molar-refractivity contribution in [1.29, 1.82) is 0 Å². The molecule has 0 aliphatic carbocycles. The van der Waals surface area contributed by atoms with Gasteiger partial charge in [-0.3, -0.25) is 4.57 Å². The maximum atomic E-state index is 10.8. The standard InChI is InChI=1S/C37H77O3PS/c38-41(39,40)36-34-32-30-28-26-24-22-20-18-16-14-12-10-8-6-4-2-1-3-5-7-9-11-13-15-17-19-21-23-25-27-29-31-33-35-37-42/h42H,1-37H2,(H2,38,39,40). The summed E-state index contributed by atoms with van der Waals surface area (Å²) in [6.45, 7) is 0. The fraction of sp³-hybridized carbons (Fsp3) is 1.00. The van der Waals surface area contributed by atoms with Crippen molar-refractivity contribution < 1.29 is 14.4 Å². The lowest BCUT2D eigenvalue weighted by atomic mass is 10.0. The summed E-state index contributed by atoms with van der Waals surface area (Å²) in [6.07, 6.45) is 48.4. The summed E-state index contributed by atoms with van der Waals surface area (Å²) >= 11 is 4.28. The van der Waals surface area contributed by atoms with Crippen molar-refractivity contribution in [3.63, 3.8) is 0 Å². The molecule has 0 unspecified atom stereocenters. The Hall–Kier alpha value is 0.500. The Bertz CT molecular complexity index is 539. The van der Waals surface area contributed by atoms with Crippen molar-refractivity contribution in [2.45, 2.75) is 225 Å². The van der Waals surface area contributed by atoms with Crippen molar-refractivity contribution in [3.8, 4) is 0 Å². The van der Waals surface area contributed by atoms with E-state index in [1.54, 1.807) is 0 Å². The lowest BCUT2D eigenvalue weighted by Gasteiger charge is -2.05. The number of thiol groups is 1. The van der Waals surface area contributed by atoms with E-state index >= 15 is 0 Å². The molecule has 0 amide bonds. The highest BCUT2D eigenvalue weighted by atomic mass is 32.1. The summed E-state index contributed by atoms with van der Waals surface area (Å²) in [6, 6.07) is 0. The summed E-state index contributed by atoms with van der Waals surface area (Å²) in [5.41, 5.74) is 0. The number of hydrogen-bond donors (Lipinski definition) is 3. The summed E-state index contributed by atoms with van der Waals surface area (Å²) in [4.78, 5) is 17.7. The molecule has 0 spiro atoms. The minimum atomic E-state index is -3.77. The second kappa shape index (κ2) is 36.0. The first-order valence-corrected chi connectivity index (χ1v) is 21.6. The van der Waals surface area contributed by atoms with Crippen LogP contribution in [-0.2, 0) is 4.57 Å². The summed E-state index contributed by atoms with van der Waals surface area (Å²) in [5, 5.41) is 0. The smallest absolute Gasteiger partial charge is 0.324 e. The van der Waals surface area contributed by atoms with Crippen molar-refractivity contribution in [2.24, 2.45) is 0 Å². The van der Waals surface area contributed by atoms with E-state index in [1.807, 2.05) is 0 Å². The van der Waals surface area contributed by atoms with Crippen LogP contribution in [0.3, 0.4) is 0 Å². The molecule has 0 aliphatic heterocycles. The molecule has 0 aromatic heterocycles. The van der Waals surface area contributed by atoms with Crippen LogP contribution in [-0.4, -0.2) is 21.7 Å². The molecule has 2 N–H and O–H groups in total. The average Bonchev–Trinajstić information content (AvgIpc) is 2.96. The topological polar surface area (TPSA) is 57.5 Å². The van der Waals surface area contributed by atoms with Crippen LogP contribution in [0.4, 0.5) is 0 Å². The first-order valence-electron chi connectivity index (χ1n) is 19.2. The van der Waals surface area contributed by atoms with Gasteiger partial charge in [-0.05, 0) is 18.6 Å². The highest BCUT2D eigenvalue weighted by molar-refractivity contribution is 7.80. The maximum Gasteiger partial charge on any atom is 0.325 e. The molecule has 0 atom stereocenters. The molecule has 0 heterocycles. The van der Waals surface area contributed by atoms with Gasteiger partial charge in [0.25, 0.3) is 0 Å². The van der Waals surface area contributed by atoms with Crippen LogP contribution in [0.2, 0.25) is 0 Å². The van der Waals surface area contributed by atoms with Gasteiger partial charge < -0.3 is 9.79 Å². The van der Waals surface area contributed by atoms with E-state index < -0.39 is 7.60 Å². The van der Waals surface area contributed by atoms with Gasteiger partial charge in [0.05, 0.1) is 0 Å². The molecule has 254 valence electrons. The Labute approximate surface area is 270 Å². The molecule has 0 saturated carbocycles. The number of rotatable bonds is 37. The van der Waals surface area contributed by atoms with E-state index in [4.69, 9.17) is 9.79 Å². The zero-order valence-electron chi connectivity index (χ0n) is 28.4. The third-order valence-corrected chi connectivity index (χ3v) is 10.3. The van der Waals surface area contributed by atoms with E-state index in [0.29, 0.717) is 6.42 Å². The lowest BCUT2D eigenvalue weighted by Crippen LogP contribution is -1.88. The van der Waals surface area contributed by atoms with Gasteiger partial charge in [-0.2, -0.15) is 12.6 Å². The second-order valence-electron chi connectivity index (χ2n) is 13.5. The maximum absolute atomic E-state index is 10.8. The molecule has 3 nitrogen and oxygen atoms in total. The molecule has 0 aromatic rings. The predicted molar refractivity (Wildman–Crippen MR) is 192 cm³/mol. The lowest BCUT2D eigenvalue weighted by molar-refractivity contribution is 0.370. The van der Waals surface area contributed by atoms with Gasteiger partial charge >= 0.3 is 7.60 Å². The van der Waals surface area contributed by atoms with Crippen molar-refractivity contribution in [2.75, 3.05) is 11.9 Å². The number of unbranched alkanes of at least 4 members (excludes halogenated alkanes) is 34. The number of hydrogen-bond acceptors (Lipinski definition) is 2. The van der Waals surface area contributed by atoms with Crippen molar-refractivity contribution in [1.82, 2.24) is 0 Å². The van der Waals surface area contributed by atoms with Crippen LogP contribution in [0.1, 0.15) is 225 Å². The SMILES string of the molecule is O=P(O)(O)CCCCCCCCCCCCCCCCCCCCCCCCCCCCCCCCCCCCCS. The normalized spacial score (nSPS) is 12.0. The Morgan fingerprint density at radius 3 is 0.571 bits per heavy atom. The molecule has 0 radical (unpaired) electrons. The van der Waals surface area contributed by atoms with Crippen LogP contribution < -0.4 is 0 Å².